The summed E-state index contributed by atoms with van der Waals surface area (Å²) >= 11 is 0. The highest BCUT2D eigenvalue weighted by Gasteiger charge is 1.96. The van der Waals surface area contributed by atoms with Crippen LogP contribution in [0.3, 0.4) is 0 Å². The molecule has 0 aromatic rings. The molecular weight excluding hydrogens is 208 g/mol. The fraction of sp³-hybridized carbons (Fsp3) is 0.562. The van der Waals surface area contributed by atoms with Crippen molar-refractivity contribution in [1.29, 1.82) is 0 Å². The first-order valence-electron chi connectivity index (χ1n) is 6.90. The van der Waals surface area contributed by atoms with Crippen LogP contribution >= 0.6 is 0 Å². The molecular formula is C16H24O. The van der Waals surface area contributed by atoms with Gasteiger partial charge in [-0.1, -0.05) is 36.8 Å². The minimum atomic E-state index is 0.299. The van der Waals surface area contributed by atoms with E-state index < -0.39 is 0 Å². The summed E-state index contributed by atoms with van der Waals surface area (Å²) < 4.78 is 0. The Bertz CT molecular complexity index is 284. The van der Waals surface area contributed by atoms with Crippen molar-refractivity contribution in [2.45, 2.75) is 57.8 Å². The first-order chi connectivity index (χ1) is 8.39. The van der Waals surface area contributed by atoms with E-state index in [2.05, 4.69) is 24.3 Å². The summed E-state index contributed by atoms with van der Waals surface area (Å²) in [5.41, 5.74) is 0. The summed E-state index contributed by atoms with van der Waals surface area (Å²) in [5.74, 6) is 0.299. The van der Waals surface area contributed by atoms with E-state index in [1.54, 1.807) is 6.08 Å². The summed E-state index contributed by atoms with van der Waals surface area (Å²) in [6.45, 7) is 0. The summed E-state index contributed by atoms with van der Waals surface area (Å²) in [7, 11) is 0. The van der Waals surface area contributed by atoms with Crippen molar-refractivity contribution < 1.29 is 4.79 Å². The predicted molar refractivity (Wildman–Crippen MR) is 74.0 cm³/mol. The molecule has 0 spiro atoms. The number of carbonyl (C=O) groups excluding carboxylic acids is 1. The Balaban J connectivity index is 2.33. The molecule has 1 nitrogen and oxygen atoms in total. The number of carbonyl (C=O) groups is 1. The Morgan fingerprint density at radius 1 is 0.706 bits per heavy atom. The van der Waals surface area contributed by atoms with Gasteiger partial charge in [-0.3, -0.25) is 4.79 Å². The van der Waals surface area contributed by atoms with Crippen LogP contribution in [-0.4, -0.2) is 5.78 Å². The maximum atomic E-state index is 11.5. The monoisotopic (exact) mass is 232 g/mol. The lowest BCUT2D eigenvalue weighted by molar-refractivity contribution is -0.114. The van der Waals surface area contributed by atoms with Gasteiger partial charge in [-0.05, 0) is 51.0 Å². The standard InChI is InChI=1S/C16H24O/c17-16-14-12-10-8-6-4-2-1-3-5-7-9-11-13-15-16/h1-4,13,15H,5-12,14H2/b3-1+,4-2+,15-13+. The molecule has 0 bridgehead atoms. The molecule has 0 saturated heterocycles. The topological polar surface area (TPSA) is 17.1 Å². The lowest BCUT2D eigenvalue weighted by Crippen LogP contribution is -1.92. The van der Waals surface area contributed by atoms with E-state index in [9.17, 15) is 4.79 Å². The minimum absolute atomic E-state index is 0.299. The third-order valence-corrected chi connectivity index (χ3v) is 2.97. The summed E-state index contributed by atoms with van der Waals surface area (Å²) in [6, 6.07) is 0. The lowest BCUT2D eigenvalue weighted by atomic mass is 10.1. The Kier molecular flexibility index (Phi) is 8.27. The van der Waals surface area contributed by atoms with E-state index in [0.29, 0.717) is 5.78 Å². The number of ketones is 1. The lowest BCUT2D eigenvalue weighted by Gasteiger charge is -1.97. The normalized spacial score (nSPS) is 26.2. The second-order valence-electron chi connectivity index (χ2n) is 4.61. The van der Waals surface area contributed by atoms with Crippen LogP contribution < -0.4 is 0 Å². The molecule has 1 heteroatoms. The van der Waals surface area contributed by atoms with Crippen molar-refractivity contribution in [3.8, 4) is 0 Å². The largest absolute Gasteiger partial charge is 0.295 e. The van der Waals surface area contributed by atoms with E-state index in [0.717, 1.165) is 38.5 Å². The average molecular weight is 232 g/mol. The number of hydrogen-bond acceptors (Lipinski definition) is 1. The van der Waals surface area contributed by atoms with Crippen molar-refractivity contribution in [3.63, 3.8) is 0 Å². The van der Waals surface area contributed by atoms with Crippen molar-refractivity contribution in [3.05, 3.63) is 36.5 Å². The van der Waals surface area contributed by atoms with Crippen LogP contribution in [-0.2, 0) is 4.79 Å². The average Bonchev–Trinajstić information content (AvgIpc) is 2.32. The minimum Gasteiger partial charge on any atom is -0.295 e. The molecule has 0 heterocycles. The van der Waals surface area contributed by atoms with Crippen LogP contribution in [0.2, 0.25) is 0 Å². The van der Waals surface area contributed by atoms with Gasteiger partial charge in [0.15, 0.2) is 5.78 Å². The van der Waals surface area contributed by atoms with Crippen molar-refractivity contribution in [2.24, 2.45) is 0 Å². The Morgan fingerprint density at radius 3 is 2.00 bits per heavy atom. The zero-order chi connectivity index (χ0) is 12.2. The van der Waals surface area contributed by atoms with Crippen LogP contribution in [0.5, 0.6) is 0 Å². The predicted octanol–water partition coefficient (Wildman–Crippen LogP) is 4.75. The van der Waals surface area contributed by atoms with Gasteiger partial charge in [-0.2, -0.15) is 0 Å². The fourth-order valence-corrected chi connectivity index (χ4v) is 1.91. The van der Waals surface area contributed by atoms with Crippen LogP contribution in [0.15, 0.2) is 36.5 Å². The van der Waals surface area contributed by atoms with Gasteiger partial charge in [-0.25, -0.2) is 0 Å². The zero-order valence-electron chi connectivity index (χ0n) is 10.7. The second-order valence-corrected chi connectivity index (χ2v) is 4.61. The van der Waals surface area contributed by atoms with Crippen LogP contribution in [0.25, 0.3) is 0 Å². The third kappa shape index (κ3) is 8.67. The van der Waals surface area contributed by atoms with E-state index in [1.807, 2.05) is 6.08 Å². The molecule has 0 fully saturated rings. The molecule has 1 aliphatic rings. The molecule has 0 amide bonds. The van der Waals surface area contributed by atoms with Gasteiger partial charge in [0.2, 0.25) is 0 Å². The highest BCUT2D eigenvalue weighted by Crippen LogP contribution is 2.07. The van der Waals surface area contributed by atoms with E-state index >= 15 is 0 Å². The summed E-state index contributed by atoms with van der Waals surface area (Å²) in [5, 5.41) is 0. The molecule has 94 valence electrons. The van der Waals surface area contributed by atoms with E-state index in [4.69, 9.17) is 0 Å². The molecule has 0 atom stereocenters. The molecule has 0 N–H and O–H groups in total. The Hall–Kier alpha value is -1.11. The maximum absolute atomic E-state index is 11.5. The molecule has 0 radical (unpaired) electrons. The first-order valence-corrected chi connectivity index (χ1v) is 6.90. The van der Waals surface area contributed by atoms with Gasteiger partial charge in [0, 0.05) is 6.42 Å². The van der Waals surface area contributed by atoms with Crippen molar-refractivity contribution >= 4 is 5.78 Å². The first kappa shape index (κ1) is 14.0. The van der Waals surface area contributed by atoms with Gasteiger partial charge < -0.3 is 0 Å². The van der Waals surface area contributed by atoms with Crippen molar-refractivity contribution in [1.82, 2.24) is 0 Å². The Labute approximate surface area is 105 Å². The summed E-state index contributed by atoms with van der Waals surface area (Å²) in [6.07, 6.45) is 22.4. The number of rotatable bonds is 0. The molecule has 1 rings (SSSR count). The van der Waals surface area contributed by atoms with E-state index in [1.165, 1.54) is 19.3 Å². The van der Waals surface area contributed by atoms with Crippen LogP contribution in [0.1, 0.15) is 57.8 Å². The van der Waals surface area contributed by atoms with Gasteiger partial charge in [0.1, 0.15) is 0 Å². The smallest absolute Gasteiger partial charge is 0.155 e. The molecule has 0 saturated carbocycles. The SMILES string of the molecule is O=C1/C=C/CCCC/C=C/C=C/CCCCC1. The fourth-order valence-electron chi connectivity index (χ4n) is 1.91. The van der Waals surface area contributed by atoms with Gasteiger partial charge >= 0.3 is 0 Å². The zero-order valence-corrected chi connectivity index (χ0v) is 10.7. The van der Waals surface area contributed by atoms with E-state index in [-0.39, 0.29) is 0 Å². The molecule has 0 aromatic heterocycles. The van der Waals surface area contributed by atoms with Crippen LogP contribution in [0, 0.1) is 0 Å². The quantitative estimate of drug-likeness (QED) is 0.589. The van der Waals surface area contributed by atoms with Crippen molar-refractivity contribution in [2.75, 3.05) is 0 Å². The van der Waals surface area contributed by atoms with Gasteiger partial charge in [0.05, 0.1) is 0 Å². The molecule has 0 unspecified atom stereocenters. The third-order valence-electron chi connectivity index (χ3n) is 2.97. The molecule has 1 aliphatic carbocycles. The molecule has 0 aliphatic heterocycles. The van der Waals surface area contributed by atoms with Gasteiger partial charge in [-0.15, -0.1) is 0 Å². The van der Waals surface area contributed by atoms with Crippen LogP contribution in [0.4, 0.5) is 0 Å². The number of hydrogen-bond donors (Lipinski definition) is 0. The summed E-state index contributed by atoms with van der Waals surface area (Å²) in [4.78, 5) is 11.5. The molecule has 0 aromatic carbocycles. The van der Waals surface area contributed by atoms with Gasteiger partial charge in [0.25, 0.3) is 0 Å². The second kappa shape index (κ2) is 10.1. The highest BCUT2D eigenvalue weighted by atomic mass is 16.1. The number of allylic oxidation sites excluding steroid dienone is 6. The highest BCUT2D eigenvalue weighted by molar-refractivity contribution is 5.89. The maximum Gasteiger partial charge on any atom is 0.155 e. The Morgan fingerprint density at radius 2 is 1.29 bits per heavy atom. The molecule has 17 heavy (non-hydrogen) atoms.